The molecule has 0 amide bonds. The van der Waals surface area contributed by atoms with Crippen LogP contribution in [0.4, 0.5) is 0 Å². The first kappa shape index (κ1) is 22.6. The van der Waals surface area contributed by atoms with Gasteiger partial charge in [0.1, 0.15) is 18.1 Å². The van der Waals surface area contributed by atoms with Gasteiger partial charge in [0, 0.05) is 18.9 Å². The fourth-order valence-electron chi connectivity index (χ4n) is 1.91. The zero-order valence-corrected chi connectivity index (χ0v) is 16.1. The second-order valence-electron chi connectivity index (χ2n) is 5.39. The number of aliphatic carboxylic acids is 1. The van der Waals surface area contributed by atoms with Crippen molar-refractivity contribution in [2.45, 2.75) is 45.4 Å². The summed E-state index contributed by atoms with van der Waals surface area (Å²) in [5.74, 6) is 24.1. The Bertz CT molecular complexity index is 855. The second kappa shape index (κ2) is 15.8. The molecule has 0 aliphatic heterocycles. The Morgan fingerprint density at radius 2 is 1.46 bits per heavy atom. The van der Waals surface area contributed by atoms with Crippen LogP contribution in [-0.2, 0) is 4.79 Å². The first-order chi connectivity index (χ1) is 13.7. The minimum absolute atomic E-state index is 0.159. The van der Waals surface area contributed by atoms with E-state index in [1.807, 2.05) is 31.2 Å². The topological polar surface area (TPSA) is 55.8 Å². The zero-order chi connectivity index (χ0) is 20.3. The Hall–Kier alpha value is -3.47. The molecule has 28 heavy (non-hydrogen) atoms. The highest BCUT2D eigenvalue weighted by atomic mass is 16.5. The lowest BCUT2D eigenvalue weighted by atomic mass is 10.2. The molecule has 0 radical (unpaired) electrons. The lowest BCUT2D eigenvalue weighted by Gasteiger charge is -2.05. The summed E-state index contributed by atoms with van der Waals surface area (Å²) < 4.78 is 11.0. The van der Waals surface area contributed by atoms with Gasteiger partial charge in [0.05, 0.1) is 25.9 Å². The maximum atomic E-state index is 10.3. The summed E-state index contributed by atoms with van der Waals surface area (Å²) in [6.07, 6.45) is 2.78. The zero-order valence-electron chi connectivity index (χ0n) is 16.1. The minimum Gasteiger partial charge on any atom is -0.494 e. The fraction of sp³-hybridized carbons (Fsp3) is 0.375. The summed E-state index contributed by atoms with van der Waals surface area (Å²) in [6.45, 7) is 2.86. The van der Waals surface area contributed by atoms with Crippen molar-refractivity contribution in [3.63, 3.8) is 0 Å². The molecular weight excluding hydrogens is 352 g/mol. The largest absolute Gasteiger partial charge is 0.494 e. The van der Waals surface area contributed by atoms with Gasteiger partial charge in [-0.05, 0) is 25.5 Å². The van der Waals surface area contributed by atoms with E-state index in [0.29, 0.717) is 45.3 Å². The number of carboxylic acid groups (broad SMARTS) is 1. The van der Waals surface area contributed by atoms with Crippen molar-refractivity contribution in [2.75, 3.05) is 13.2 Å². The van der Waals surface area contributed by atoms with Gasteiger partial charge in [-0.25, -0.2) is 0 Å². The van der Waals surface area contributed by atoms with E-state index in [0.717, 1.165) is 11.5 Å². The number of hydrogen-bond donors (Lipinski definition) is 1. The molecule has 1 N–H and O–H groups in total. The van der Waals surface area contributed by atoms with E-state index in [4.69, 9.17) is 14.6 Å². The molecule has 0 aliphatic rings. The van der Waals surface area contributed by atoms with E-state index >= 15 is 0 Å². The van der Waals surface area contributed by atoms with Gasteiger partial charge < -0.3 is 14.6 Å². The van der Waals surface area contributed by atoms with Crippen molar-refractivity contribution in [2.24, 2.45) is 0 Å². The number of unbranched alkanes of at least 4 members (excludes halogenated alkanes) is 1. The van der Waals surface area contributed by atoms with Crippen LogP contribution in [-0.4, -0.2) is 24.3 Å². The highest BCUT2D eigenvalue weighted by Gasteiger charge is 1.95. The van der Waals surface area contributed by atoms with E-state index in [1.165, 1.54) is 0 Å². The summed E-state index contributed by atoms with van der Waals surface area (Å²) in [6, 6.07) is 7.47. The van der Waals surface area contributed by atoms with Crippen LogP contribution in [0.25, 0.3) is 0 Å². The second-order valence-corrected chi connectivity index (χ2v) is 5.39. The van der Waals surface area contributed by atoms with E-state index in [9.17, 15) is 4.79 Å². The first-order valence-corrected chi connectivity index (χ1v) is 9.12. The van der Waals surface area contributed by atoms with Gasteiger partial charge in [0.15, 0.2) is 0 Å². The minimum atomic E-state index is -0.787. The lowest BCUT2D eigenvalue weighted by molar-refractivity contribution is -0.137. The van der Waals surface area contributed by atoms with E-state index in [-0.39, 0.29) is 6.42 Å². The maximum Gasteiger partial charge on any atom is 0.303 e. The van der Waals surface area contributed by atoms with Crippen LogP contribution in [0.5, 0.6) is 11.5 Å². The van der Waals surface area contributed by atoms with Crippen molar-refractivity contribution >= 4 is 5.97 Å². The van der Waals surface area contributed by atoms with Crippen molar-refractivity contribution in [1.29, 1.82) is 0 Å². The smallest absolute Gasteiger partial charge is 0.303 e. The molecule has 1 aromatic carbocycles. The maximum absolute atomic E-state index is 10.3. The number of carbonyl (C=O) groups is 1. The molecule has 4 heteroatoms. The van der Waals surface area contributed by atoms with E-state index in [1.54, 1.807) is 0 Å². The first-order valence-electron chi connectivity index (χ1n) is 9.12. The predicted octanol–water partition coefficient (Wildman–Crippen LogP) is 3.90. The predicted molar refractivity (Wildman–Crippen MR) is 110 cm³/mol. The SMILES string of the molecule is CCOc1cccc(OCC#CCC#CCC#CCC#CCCCC(=O)O)c1. The Balaban J connectivity index is 2.14. The Kier molecular flexibility index (Phi) is 12.7. The Morgan fingerprint density at radius 3 is 2.07 bits per heavy atom. The van der Waals surface area contributed by atoms with Crippen LogP contribution in [0.2, 0.25) is 0 Å². The van der Waals surface area contributed by atoms with Crippen molar-refractivity contribution in [1.82, 2.24) is 0 Å². The van der Waals surface area contributed by atoms with Gasteiger partial charge in [-0.2, -0.15) is 0 Å². The van der Waals surface area contributed by atoms with Crippen LogP contribution >= 0.6 is 0 Å². The molecule has 0 bridgehead atoms. The average molecular weight is 376 g/mol. The molecule has 0 heterocycles. The number of hydrogen-bond acceptors (Lipinski definition) is 3. The van der Waals surface area contributed by atoms with Gasteiger partial charge in [-0.1, -0.05) is 47.5 Å². The molecule has 0 spiro atoms. The quantitative estimate of drug-likeness (QED) is 0.579. The van der Waals surface area contributed by atoms with Crippen molar-refractivity contribution in [3.05, 3.63) is 24.3 Å². The third-order valence-electron chi connectivity index (χ3n) is 3.15. The van der Waals surface area contributed by atoms with Crippen molar-refractivity contribution in [3.8, 4) is 58.9 Å². The van der Waals surface area contributed by atoms with E-state index < -0.39 is 5.97 Å². The van der Waals surface area contributed by atoms with Gasteiger partial charge in [0.2, 0.25) is 0 Å². The molecular formula is C24H24O4. The molecule has 0 aromatic heterocycles. The molecule has 0 saturated heterocycles. The van der Waals surface area contributed by atoms with E-state index in [2.05, 4.69) is 47.4 Å². The molecule has 144 valence electrons. The summed E-state index contributed by atoms with van der Waals surface area (Å²) >= 11 is 0. The van der Waals surface area contributed by atoms with Gasteiger partial charge in [-0.3, -0.25) is 4.79 Å². The number of ether oxygens (including phenoxy) is 2. The third-order valence-corrected chi connectivity index (χ3v) is 3.15. The highest BCUT2D eigenvalue weighted by Crippen LogP contribution is 2.18. The van der Waals surface area contributed by atoms with Gasteiger partial charge >= 0.3 is 5.97 Å². The summed E-state index contributed by atoms with van der Waals surface area (Å²) in [5.41, 5.74) is 0. The number of rotatable bonds is 7. The van der Waals surface area contributed by atoms with Crippen LogP contribution in [0.3, 0.4) is 0 Å². The summed E-state index contributed by atoms with van der Waals surface area (Å²) in [7, 11) is 0. The average Bonchev–Trinajstić information content (AvgIpc) is 2.68. The summed E-state index contributed by atoms with van der Waals surface area (Å²) in [4.78, 5) is 10.3. The van der Waals surface area contributed by atoms with Crippen LogP contribution < -0.4 is 9.47 Å². The standard InChI is InChI=1S/C24H24O4/c1-2-27-22-17-16-18-23(21-22)28-20-15-13-11-9-7-5-3-4-6-8-10-12-14-19-24(25)26/h16-18,21H,2,5-6,11-12,14,19-20H2,1H3,(H,25,26). The molecule has 0 unspecified atom stereocenters. The normalized spacial score (nSPS) is 8.46. The molecule has 0 saturated carbocycles. The van der Waals surface area contributed by atoms with Crippen LogP contribution in [0.1, 0.15) is 45.4 Å². The molecule has 1 aromatic rings. The molecule has 0 atom stereocenters. The van der Waals surface area contributed by atoms with Gasteiger partial charge in [-0.15, -0.1) is 5.92 Å². The molecule has 0 aliphatic carbocycles. The monoisotopic (exact) mass is 376 g/mol. The fourth-order valence-corrected chi connectivity index (χ4v) is 1.91. The summed E-state index contributed by atoms with van der Waals surface area (Å²) in [5, 5.41) is 8.49. The third kappa shape index (κ3) is 12.8. The Labute approximate surface area is 167 Å². The molecule has 4 nitrogen and oxygen atoms in total. The number of carboxylic acids is 1. The van der Waals surface area contributed by atoms with Gasteiger partial charge in [0.25, 0.3) is 0 Å². The lowest BCUT2D eigenvalue weighted by Crippen LogP contribution is -1.95. The van der Waals surface area contributed by atoms with Crippen molar-refractivity contribution < 1.29 is 19.4 Å². The highest BCUT2D eigenvalue weighted by molar-refractivity contribution is 5.66. The van der Waals surface area contributed by atoms with Crippen LogP contribution in [0.15, 0.2) is 24.3 Å². The number of benzene rings is 1. The van der Waals surface area contributed by atoms with Crippen LogP contribution in [0, 0.1) is 47.4 Å². The Morgan fingerprint density at radius 1 is 0.893 bits per heavy atom. The molecule has 1 rings (SSSR count). The molecule has 0 fully saturated rings.